The Bertz CT molecular complexity index is 302. The first-order valence-corrected chi connectivity index (χ1v) is 5.70. The van der Waals surface area contributed by atoms with E-state index in [4.69, 9.17) is 9.47 Å². The summed E-state index contributed by atoms with van der Waals surface area (Å²) in [4.78, 5) is 21.9. The van der Waals surface area contributed by atoms with Crippen LogP contribution in [0.4, 0.5) is 0 Å². The predicted octanol–water partition coefficient (Wildman–Crippen LogP) is 0.868. The molecule has 0 radical (unpaired) electrons. The van der Waals surface area contributed by atoms with E-state index >= 15 is 0 Å². The molecule has 0 atom stereocenters. The van der Waals surface area contributed by atoms with Crippen LogP contribution in [0, 0.1) is 0 Å². The third-order valence-corrected chi connectivity index (χ3v) is 2.08. The fraction of sp³-hybridized carbons (Fsp3) is 0.538. The van der Waals surface area contributed by atoms with Gasteiger partial charge in [0.15, 0.2) is 0 Å². The van der Waals surface area contributed by atoms with Crippen molar-refractivity contribution < 1.29 is 28.5 Å². The van der Waals surface area contributed by atoms with Crippen LogP contribution in [0.1, 0.15) is 6.42 Å². The normalized spacial score (nSPS) is 9.79. The summed E-state index contributed by atoms with van der Waals surface area (Å²) in [6.07, 6.45) is 0.628. The minimum absolute atomic E-state index is 0.127. The molecule has 0 aliphatic carbocycles. The van der Waals surface area contributed by atoms with Gasteiger partial charge in [-0.1, -0.05) is 13.2 Å². The number of rotatable bonds is 10. The Balaban J connectivity index is 3.46. The second-order valence-corrected chi connectivity index (χ2v) is 3.65. The average Bonchev–Trinajstić information content (AvgIpc) is 2.43. The standard InChI is InChI=1S/C13H20O6/c1-10(12(14)16-3)8-18-6-5-7-19-9-11(2)13(15)17-4/h1-2,5-9H2,3-4H3. The first-order chi connectivity index (χ1) is 9.02. The highest BCUT2D eigenvalue weighted by Gasteiger charge is 2.07. The highest BCUT2D eigenvalue weighted by Crippen LogP contribution is 1.98. The van der Waals surface area contributed by atoms with Crippen LogP contribution in [0.5, 0.6) is 0 Å². The lowest BCUT2D eigenvalue weighted by atomic mass is 10.3. The second-order valence-electron chi connectivity index (χ2n) is 3.65. The number of carbonyl (C=O) groups excluding carboxylic acids is 2. The summed E-state index contributed by atoms with van der Waals surface area (Å²) in [6.45, 7) is 8.12. The van der Waals surface area contributed by atoms with E-state index in [1.807, 2.05) is 0 Å². The Morgan fingerprint density at radius 3 is 1.53 bits per heavy atom. The van der Waals surface area contributed by atoms with Crippen LogP contribution < -0.4 is 0 Å². The van der Waals surface area contributed by atoms with E-state index in [0.717, 1.165) is 0 Å². The Kier molecular flexibility index (Phi) is 9.38. The lowest BCUT2D eigenvalue weighted by Crippen LogP contribution is -2.12. The molecule has 0 bridgehead atoms. The molecule has 0 amide bonds. The summed E-state index contributed by atoms with van der Waals surface area (Å²) in [5.41, 5.74) is 0.532. The van der Waals surface area contributed by atoms with Gasteiger partial charge in [0, 0.05) is 13.2 Å². The number of esters is 2. The molecular formula is C13H20O6. The zero-order valence-corrected chi connectivity index (χ0v) is 11.4. The van der Waals surface area contributed by atoms with Crippen molar-refractivity contribution in [1.29, 1.82) is 0 Å². The molecule has 6 nitrogen and oxygen atoms in total. The molecule has 0 fully saturated rings. The van der Waals surface area contributed by atoms with Crippen molar-refractivity contribution in [2.75, 3.05) is 40.6 Å². The Hall–Kier alpha value is -1.66. The molecule has 0 unspecified atom stereocenters. The summed E-state index contributed by atoms with van der Waals surface area (Å²) >= 11 is 0. The molecule has 0 aliphatic rings. The average molecular weight is 272 g/mol. The van der Waals surface area contributed by atoms with E-state index in [1.165, 1.54) is 14.2 Å². The van der Waals surface area contributed by atoms with Crippen molar-refractivity contribution >= 4 is 11.9 Å². The van der Waals surface area contributed by atoms with E-state index in [2.05, 4.69) is 22.6 Å². The van der Waals surface area contributed by atoms with Crippen LogP contribution >= 0.6 is 0 Å². The Labute approximate surface area is 113 Å². The molecule has 0 aromatic heterocycles. The van der Waals surface area contributed by atoms with Gasteiger partial charge in [-0.05, 0) is 6.42 Å². The number of hydrogen-bond donors (Lipinski definition) is 0. The molecule has 0 rings (SSSR count). The van der Waals surface area contributed by atoms with Crippen LogP contribution in [0.15, 0.2) is 24.3 Å². The fourth-order valence-corrected chi connectivity index (χ4v) is 1.06. The summed E-state index contributed by atoms with van der Waals surface area (Å²) in [6, 6.07) is 0. The molecule has 0 saturated carbocycles. The summed E-state index contributed by atoms with van der Waals surface area (Å²) in [7, 11) is 2.57. The van der Waals surface area contributed by atoms with Gasteiger partial charge in [-0.25, -0.2) is 9.59 Å². The van der Waals surface area contributed by atoms with Gasteiger partial charge in [0.25, 0.3) is 0 Å². The van der Waals surface area contributed by atoms with Gasteiger partial charge in [-0.3, -0.25) is 0 Å². The van der Waals surface area contributed by atoms with Crippen molar-refractivity contribution in [3.63, 3.8) is 0 Å². The quantitative estimate of drug-likeness (QED) is 0.334. The SMILES string of the molecule is C=C(COCCCOCC(=C)C(=O)OC)C(=O)OC. The highest BCUT2D eigenvalue weighted by atomic mass is 16.5. The molecular weight excluding hydrogens is 252 g/mol. The third-order valence-electron chi connectivity index (χ3n) is 2.08. The number of methoxy groups -OCH3 is 2. The number of hydrogen-bond acceptors (Lipinski definition) is 6. The highest BCUT2D eigenvalue weighted by molar-refractivity contribution is 5.88. The lowest BCUT2D eigenvalue weighted by Gasteiger charge is -2.07. The van der Waals surface area contributed by atoms with E-state index in [0.29, 0.717) is 19.6 Å². The van der Waals surface area contributed by atoms with Crippen LogP contribution in [0.2, 0.25) is 0 Å². The van der Waals surface area contributed by atoms with Crippen molar-refractivity contribution in [3.8, 4) is 0 Å². The lowest BCUT2D eigenvalue weighted by molar-refractivity contribution is -0.137. The Morgan fingerprint density at radius 1 is 0.842 bits per heavy atom. The Morgan fingerprint density at radius 2 is 1.21 bits per heavy atom. The minimum atomic E-state index is -0.481. The maximum Gasteiger partial charge on any atom is 0.335 e. The number of carbonyl (C=O) groups is 2. The summed E-state index contributed by atoms with van der Waals surface area (Å²) in [5, 5.41) is 0. The monoisotopic (exact) mass is 272 g/mol. The predicted molar refractivity (Wildman–Crippen MR) is 68.6 cm³/mol. The zero-order chi connectivity index (χ0) is 14.7. The molecule has 108 valence electrons. The van der Waals surface area contributed by atoms with Crippen LogP contribution in [-0.4, -0.2) is 52.6 Å². The van der Waals surface area contributed by atoms with E-state index in [9.17, 15) is 9.59 Å². The maximum atomic E-state index is 11.0. The molecule has 0 heterocycles. The first kappa shape index (κ1) is 17.3. The fourth-order valence-electron chi connectivity index (χ4n) is 1.06. The van der Waals surface area contributed by atoms with E-state index in [1.54, 1.807) is 0 Å². The maximum absolute atomic E-state index is 11.0. The van der Waals surface area contributed by atoms with Crippen LogP contribution in [0.25, 0.3) is 0 Å². The largest absolute Gasteiger partial charge is 0.466 e. The summed E-state index contributed by atoms with van der Waals surface area (Å²) < 4.78 is 19.3. The van der Waals surface area contributed by atoms with Crippen molar-refractivity contribution in [1.82, 2.24) is 0 Å². The molecule has 6 heteroatoms. The zero-order valence-electron chi connectivity index (χ0n) is 11.4. The molecule has 0 aromatic rings. The molecule has 0 saturated heterocycles. The van der Waals surface area contributed by atoms with E-state index < -0.39 is 11.9 Å². The second kappa shape index (κ2) is 10.3. The first-order valence-electron chi connectivity index (χ1n) is 5.70. The van der Waals surface area contributed by atoms with Crippen molar-refractivity contribution in [2.45, 2.75) is 6.42 Å². The van der Waals surface area contributed by atoms with Crippen LogP contribution in [0.3, 0.4) is 0 Å². The van der Waals surface area contributed by atoms with Crippen LogP contribution in [-0.2, 0) is 28.5 Å². The topological polar surface area (TPSA) is 71.1 Å². The van der Waals surface area contributed by atoms with Gasteiger partial charge in [0.05, 0.1) is 38.6 Å². The van der Waals surface area contributed by atoms with Gasteiger partial charge in [-0.2, -0.15) is 0 Å². The van der Waals surface area contributed by atoms with Gasteiger partial charge < -0.3 is 18.9 Å². The van der Waals surface area contributed by atoms with Crippen molar-refractivity contribution in [3.05, 3.63) is 24.3 Å². The molecule has 19 heavy (non-hydrogen) atoms. The third kappa shape index (κ3) is 8.12. The van der Waals surface area contributed by atoms with Gasteiger partial charge >= 0.3 is 11.9 Å². The van der Waals surface area contributed by atoms with Gasteiger partial charge in [-0.15, -0.1) is 0 Å². The number of ether oxygens (including phenoxy) is 4. The molecule has 0 aliphatic heterocycles. The smallest absolute Gasteiger partial charge is 0.335 e. The molecule has 0 spiro atoms. The molecule has 0 aromatic carbocycles. The van der Waals surface area contributed by atoms with Crippen molar-refractivity contribution in [2.24, 2.45) is 0 Å². The van der Waals surface area contributed by atoms with E-state index in [-0.39, 0.29) is 24.4 Å². The molecule has 0 N–H and O–H groups in total. The van der Waals surface area contributed by atoms with Gasteiger partial charge in [0.1, 0.15) is 0 Å². The summed E-state index contributed by atoms with van der Waals surface area (Å²) in [5.74, 6) is -0.962. The minimum Gasteiger partial charge on any atom is -0.466 e. The van der Waals surface area contributed by atoms with Gasteiger partial charge in [0.2, 0.25) is 0 Å².